The van der Waals surface area contributed by atoms with E-state index in [4.69, 9.17) is 0 Å². The highest BCUT2D eigenvalue weighted by Crippen LogP contribution is 2.32. The summed E-state index contributed by atoms with van der Waals surface area (Å²) >= 11 is 0. The van der Waals surface area contributed by atoms with Crippen molar-refractivity contribution in [1.29, 1.82) is 0 Å². The molecular weight excluding hydrogens is 428 g/mol. The molecule has 1 unspecified atom stereocenters. The van der Waals surface area contributed by atoms with Gasteiger partial charge in [0.1, 0.15) is 0 Å². The van der Waals surface area contributed by atoms with Crippen molar-refractivity contribution in [2.24, 2.45) is 0 Å². The van der Waals surface area contributed by atoms with Gasteiger partial charge < -0.3 is 10.2 Å². The molecule has 1 fully saturated rings. The molecule has 1 atom stereocenters. The summed E-state index contributed by atoms with van der Waals surface area (Å²) < 4.78 is 0. The average molecular weight is 469 g/mol. The van der Waals surface area contributed by atoms with Crippen LogP contribution in [0.3, 0.4) is 0 Å². The number of rotatable bonds is 9. The highest BCUT2D eigenvalue weighted by Gasteiger charge is 2.26. The molecular formula is C32H40N2O. The van der Waals surface area contributed by atoms with Crippen LogP contribution in [0.15, 0.2) is 78.9 Å². The second-order valence-electron chi connectivity index (χ2n) is 10.4. The maximum Gasteiger partial charge on any atom is 0.252 e. The summed E-state index contributed by atoms with van der Waals surface area (Å²) in [5, 5.41) is 3.32. The number of hydrogen-bond donors (Lipinski definition) is 1. The van der Waals surface area contributed by atoms with Crippen molar-refractivity contribution in [2.75, 3.05) is 19.6 Å². The van der Waals surface area contributed by atoms with E-state index >= 15 is 0 Å². The molecule has 184 valence electrons. The van der Waals surface area contributed by atoms with Gasteiger partial charge in [0.25, 0.3) is 5.91 Å². The quantitative estimate of drug-likeness (QED) is 0.366. The second kappa shape index (κ2) is 11.7. The van der Waals surface area contributed by atoms with Crippen molar-refractivity contribution in [1.82, 2.24) is 10.2 Å². The van der Waals surface area contributed by atoms with Gasteiger partial charge in [0.2, 0.25) is 0 Å². The zero-order valence-corrected chi connectivity index (χ0v) is 21.6. The van der Waals surface area contributed by atoms with Crippen molar-refractivity contribution in [3.63, 3.8) is 0 Å². The van der Waals surface area contributed by atoms with Gasteiger partial charge in [0, 0.05) is 24.7 Å². The normalized spacial score (nSPS) is 16.5. The van der Waals surface area contributed by atoms with E-state index in [1.807, 2.05) is 24.3 Å². The summed E-state index contributed by atoms with van der Waals surface area (Å²) in [6.45, 7) is 10.0. The van der Waals surface area contributed by atoms with Gasteiger partial charge in [-0.3, -0.25) is 4.79 Å². The molecule has 0 radical (unpaired) electrons. The first-order valence-corrected chi connectivity index (χ1v) is 13.2. The van der Waals surface area contributed by atoms with Gasteiger partial charge in [-0.1, -0.05) is 92.2 Å². The van der Waals surface area contributed by atoms with Crippen molar-refractivity contribution in [3.8, 4) is 11.1 Å². The average Bonchev–Trinajstić information content (AvgIpc) is 2.90. The minimum absolute atomic E-state index is 0.0428. The lowest BCUT2D eigenvalue weighted by atomic mass is 9.76. The standard InChI is InChI=1S/C32H40N2O/c1-4-32(3,27-11-6-5-7-12-27)21-10-22-34-23-19-28(20-24-34)33-31(35)30-14-9-8-13-29(30)26-17-15-25(2)16-18-26/h5-9,11-18,28H,4,10,19-24H2,1-3H3,(H,33,35). The first-order chi connectivity index (χ1) is 17.0. The molecule has 3 nitrogen and oxygen atoms in total. The number of carbonyl (C=O) groups excluding carboxylic acids is 1. The number of hydrogen-bond acceptors (Lipinski definition) is 2. The third kappa shape index (κ3) is 6.41. The third-order valence-electron chi connectivity index (χ3n) is 7.91. The maximum absolute atomic E-state index is 13.2. The molecule has 4 rings (SSSR count). The van der Waals surface area contributed by atoms with E-state index < -0.39 is 0 Å². The van der Waals surface area contributed by atoms with Gasteiger partial charge in [0.15, 0.2) is 0 Å². The Hall–Kier alpha value is -2.91. The SMILES string of the molecule is CCC(C)(CCCN1CCC(NC(=O)c2ccccc2-c2ccc(C)cc2)CC1)c1ccccc1. The van der Waals surface area contributed by atoms with E-state index in [-0.39, 0.29) is 17.4 Å². The van der Waals surface area contributed by atoms with Crippen LogP contribution in [0.2, 0.25) is 0 Å². The Morgan fingerprint density at radius 2 is 1.60 bits per heavy atom. The molecule has 0 aromatic heterocycles. The molecule has 0 spiro atoms. The molecule has 1 saturated heterocycles. The summed E-state index contributed by atoms with van der Waals surface area (Å²) in [6.07, 6.45) is 5.61. The number of benzene rings is 3. The van der Waals surface area contributed by atoms with Crippen LogP contribution in [-0.2, 0) is 5.41 Å². The monoisotopic (exact) mass is 468 g/mol. The van der Waals surface area contributed by atoms with E-state index in [0.717, 1.165) is 55.6 Å². The van der Waals surface area contributed by atoms with E-state index in [1.165, 1.54) is 24.0 Å². The molecule has 0 saturated carbocycles. The zero-order chi connectivity index (χ0) is 24.7. The number of likely N-dealkylation sites (tertiary alicyclic amines) is 1. The Morgan fingerprint density at radius 1 is 0.943 bits per heavy atom. The first-order valence-electron chi connectivity index (χ1n) is 13.2. The van der Waals surface area contributed by atoms with Crippen LogP contribution in [0.4, 0.5) is 0 Å². The number of piperidine rings is 1. The number of nitrogens with zero attached hydrogens (tertiary/aromatic N) is 1. The summed E-state index contributed by atoms with van der Waals surface area (Å²) in [6, 6.07) is 27.5. The van der Waals surface area contributed by atoms with Crippen LogP contribution in [0.25, 0.3) is 11.1 Å². The predicted octanol–water partition coefficient (Wildman–Crippen LogP) is 7.00. The molecule has 0 bridgehead atoms. The van der Waals surface area contributed by atoms with Crippen LogP contribution in [-0.4, -0.2) is 36.5 Å². The predicted molar refractivity (Wildman–Crippen MR) is 147 cm³/mol. The van der Waals surface area contributed by atoms with E-state index in [0.29, 0.717) is 0 Å². The molecule has 1 aliphatic rings. The number of nitrogens with one attached hydrogen (secondary N) is 1. The van der Waals surface area contributed by atoms with Crippen molar-refractivity contribution < 1.29 is 4.79 Å². The zero-order valence-electron chi connectivity index (χ0n) is 21.6. The van der Waals surface area contributed by atoms with Crippen molar-refractivity contribution in [3.05, 3.63) is 95.6 Å². The molecule has 1 N–H and O–H groups in total. The number of amides is 1. The fourth-order valence-corrected chi connectivity index (χ4v) is 5.29. The molecule has 1 aliphatic heterocycles. The van der Waals surface area contributed by atoms with Gasteiger partial charge in [-0.15, -0.1) is 0 Å². The van der Waals surface area contributed by atoms with Gasteiger partial charge >= 0.3 is 0 Å². The maximum atomic E-state index is 13.2. The summed E-state index contributed by atoms with van der Waals surface area (Å²) in [5.74, 6) is 0.0428. The highest BCUT2D eigenvalue weighted by atomic mass is 16.1. The van der Waals surface area contributed by atoms with Crippen molar-refractivity contribution >= 4 is 5.91 Å². The van der Waals surface area contributed by atoms with Gasteiger partial charge in [-0.2, -0.15) is 0 Å². The van der Waals surface area contributed by atoms with E-state index in [1.54, 1.807) is 0 Å². The van der Waals surface area contributed by atoms with E-state index in [2.05, 4.69) is 85.6 Å². The van der Waals surface area contributed by atoms with E-state index in [9.17, 15) is 4.79 Å². The fourth-order valence-electron chi connectivity index (χ4n) is 5.29. The highest BCUT2D eigenvalue weighted by molar-refractivity contribution is 6.01. The number of carbonyl (C=O) groups is 1. The van der Waals surface area contributed by atoms with Crippen LogP contribution in [0.1, 0.15) is 67.4 Å². The molecule has 3 aromatic carbocycles. The van der Waals surface area contributed by atoms with Gasteiger partial charge in [0.05, 0.1) is 0 Å². The molecule has 3 heteroatoms. The lowest BCUT2D eigenvalue weighted by Crippen LogP contribution is -2.45. The molecule has 1 heterocycles. The Bertz CT molecular complexity index is 1080. The minimum Gasteiger partial charge on any atom is -0.349 e. The molecule has 1 amide bonds. The Labute approximate surface area is 211 Å². The lowest BCUT2D eigenvalue weighted by Gasteiger charge is -2.34. The smallest absolute Gasteiger partial charge is 0.252 e. The third-order valence-corrected chi connectivity index (χ3v) is 7.91. The molecule has 0 aliphatic carbocycles. The summed E-state index contributed by atoms with van der Waals surface area (Å²) in [7, 11) is 0. The Kier molecular flexibility index (Phi) is 8.41. The first kappa shape index (κ1) is 25.2. The largest absolute Gasteiger partial charge is 0.349 e. The van der Waals surface area contributed by atoms with Crippen LogP contribution < -0.4 is 5.32 Å². The number of aryl methyl sites for hydroxylation is 1. The second-order valence-corrected chi connectivity index (χ2v) is 10.4. The minimum atomic E-state index is 0.0428. The van der Waals surface area contributed by atoms with Gasteiger partial charge in [-0.05, 0) is 73.7 Å². The Morgan fingerprint density at radius 3 is 2.29 bits per heavy atom. The van der Waals surface area contributed by atoms with Crippen LogP contribution in [0, 0.1) is 6.92 Å². The fraction of sp³-hybridized carbons (Fsp3) is 0.406. The lowest BCUT2D eigenvalue weighted by molar-refractivity contribution is 0.0910. The summed E-state index contributed by atoms with van der Waals surface area (Å²) in [4.78, 5) is 15.8. The van der Waals surface area contributed by atoms with Crippen LogP contribution in [0.5, 0.6) is 0 Å². The molecule has 3 aromatic rings. The van der Waals surface area contributed by atoms with Crippen LogP contribution >= 0.6 is 0 Å². The van der Waals surface area contributed by atoms with Gasteiger partial charge in [-0.25, -0.2) is 0 Å². The summed E-state index contributed by atoms with van der Waals surface area (Å²) in [5.41, 5.74) is 5.78. The topological polar surface area (TPSA) is 32.3 Å². The molecule has 35 heavy (non-hydrogen) atoms. The van der Waals surface area contributed by atoms with Crippen molar-refractivity contribution in [2.45, 2.75) is 64.3 Å². The Balaban J connectivity index is 1.27.